The molecule has 2 rings (SSSR count). The lowest BCUT2D eigenvalue weighted by atomic mass is 10.1. The molecule has 17 heavy (non-hydrogen) atoms. The van der Waals surface area contributed by atoms with E-state index in [9.17, 15) is 4.79 Å². The van der Waals surface area contributed by atoms with Gasteiger partial charge in [-0.2, -0.15) is 5.10 Å². The summed E-state index contributed by atoms with van der Waals surface area (Å²) in [6, 6.07) is 0. The highest BCUT2D eigenvalue weighted by Gasteiger charge is 2.10. The van der Waals surface area contributed by atoms with E-state index >= 15 is 0 Å². The second-order valence-corrected chi connectivity index (χ2v) is 4.72. The van der Waals surface area contributed by atoms with Gasteiger partial charge in [-0.25, -0.2) is 4.98 Å². The van der Waals surface area contributed by atoms with Crippen LogP contribution in [0.2, 0.25) is 0 Å². The van der Waals surface area contributed by atoms with Crippen LogP contribution in [0, 0.1) is 0 Å². The average molecular weight is 250 g/mol. The molecule has 0 saturated carbocycles. The van der Waals surface area contributed by atoms with Crippen molar-refractivity contribution < 1.29 is 4.79 Å². The van der Waals surface area contributed by atoms with E-state index < -0.39 is 0 Å². The highest BCUT2D eigenvalue weighted by molar-refractivity contribution is 7.09. The fourth-order valence-corrected chi connectivity index (χ4v) is 2.20. The number of hydrogen-bond acceptors (Lipinski definition) is 5. The van der Waals surface area contributed by atoms with Crippen molar-refractivity contribution in [2.75, 3.05) is 0 Å². The minimum absolute atomic E-state index is 0.0600. The van der Waals surface area contributed by atoms with Gasteiger partial charge in [-0.15, -0.1) is 11.3 Å². The van der Waals surface area contributed by atoms with Crippen molar-refractivity contribution in [3.63, 3.8) is 0 Å². The quantitative estimate of drug-likeness (QED) is 0.808. The van der Waals surface area contributed by atoms with Crippen molar-refractivity contribution in [2.45, 2.75) is 19.4 Å². The number of nitrogens with zero attached hydrogens (tertiary/aromatic N) is 3. The topological polar surface area (TPSA) is 73.8 Å². The molecular weight excluding hydrogens is 236 g/mol. The van der Waals surface area contributed by atoms with E-state index in [0.29, 0.717) is 25.1 Å². The summed E-state index contributed by atoms with van der Waals surface area (Å²) in [5.74, 6) is 0.0600. The lowest BCUT2D eigenvalue weighted by Crippen LogP contribution is -2.03. The lowest BCUT2D eigenvalue weighted by molar-refractivity contribution is 0.0978. The van der Waals surface area contributed by atoms with Crippen molar-refractivity contribution in [3.8, 4) is 0 Å². The van der Waals surface area contributed by atoms with Gasteiger partial charge in [0.1, 0.15) is 10.7 Å². The average Bonchev–Trinajstić information content (AvgIpc) is 2.94. The molecule has 5 nitrogen and oxygen atoms in total. The predicted octanol–water partition coefficient (Wildman–Crippen LogP) is 1.15. The number of ketones is 1. The Kier molecular flexibility index (Phi) is 3.65. The highest BCUT2D eigenvalue weighted by atomic mass is 32.1. The molecular formula is C11H14N4OS. The number of aromatic nitrogens is 3. The van der Waals surface area contributed by atoms with Crippen molar-refractivity contribution in [1.82, 2.24) is 14.8 Å². The maximum absolute atomic E-state index is 11.8. The molecule has 2 aromatic heterocycles. The van der Waals surface area contributed by atoms with E-state index in [1.54, 1.807) is 16.3 Å². The zero-order valence-corrected chi connectivity index (χ0v) is 10.4. The molecule has 0 bridgehead atoms. The van der Waals surface area contributed by atoms with Crippen molar-refractivity contribution in [1.29, 1.82) is 0 Å². The molecule has 2 N–H and O–H groups in total. The summed E-state index contributed by atoms with van der Waals surface area (Å²) in [6.07, 6.45) is 4.85. The molecule has 0 aromatic carbocycles. The first-order valence-electron chi connectivity index (χ1n) is 5.34. The number of Topliss-reactive ketones (excluding diaryl/α,β-unsaturated/α-hetero) is 1. The Bertz CT molecular complexity index is 517. The summed E-state index contributed by atoms with van der Waals surface area (Å²) in [5.41, 5.74) is 7.05. The summed E-state index contributed by atoms with van der Waals surface area (Å²) in [7, 11) is 1.86. The number of carbonyl (C=O) groups excluding carboxylic acids is 1. The third kappa shape index (κ3) is 2.98. The summed E-state index contributed by atoms with van der Waals surface area (Å²) >= 11 is 1.43. The Morgan fingerprint density at radius 1 is 1.59 bits per heavy atom. The molecule has 2 aromatic rings. The fraction of sp³-hybridized carbons (Fsp3) is 0.364. The van der Waals surface area contributed by atoms with Crippen LogP contribution in [0.5, 0.6) is 0 Å². The van der Waals surface area contributed by atoms with E-state index in [2.05, 4.69) is 10.1 Å². The van der Waals surface area contributed by atoms with Crippen LogP contribution in [0.15, 0.2) is 17.8 Å². The van der Waals surface area contributed by atoms with Gasteiger partial charge in [-0.3, -0.25) is 9.48 Å². The zero-order valence-electron chi connectivity index (χ0n) is 9.59. The van der Waals surface area contributed by atoms with Gasteiger partial charge in [0.2, 0.25) is 0 Å². The maximum atomic E-state index is 11.8. The molecule has 0 amide bonds. The first-order chi connectivity index (χ1) is 8.19. The van der Waals surface area contributed by atoms with Crippen molar-refractivity contribution >= 4 is 17.1 Å². The van der Waals surface area contributed by atoms with E-state index in [4.69, 9.17) is 5.73 Å². The number of aryl methyl sites for hydroxylation is 2. The second-order valence-electron chi connectivity index (χ2n) is 3.78. The molecule has 6 heteroatoms. The molecule has 2 heterocycles. The summed E-state index contributed by atoms with van der Waals surface area (Å²) < 4.78 is 1.73. The first kappa shape index (κ1) is 11.9. The Morgan fingerprint density at radius 2 is 2.41 bits per heavy atom. The van der Waals surface area contributed by atoms with Gasteiger partial charge in [-0.05, 0) is 12.0 Å². The van der Waals surface area contributed by atoms with E-state index in [0.717, 1.165) is 10.6 Å². The largest absolute Gasteiger partial charge is 0.325 e. The number of rotatable bonds is 5. The van der Waals surface area contributed by atoms with Crippen LogP contribution < -0.4 is 5.73 Å². The van der Waals surface area contributed by atoms with E-state index in [1.807, 2.05) is 13.2 Å². The summed E-state index contributed by atoms with van der Waals surface area (Å²) in [5, 5.41) is 6.63. The zero-order chi connectivity index (χ0) is 12.3. The molecule has 0 aliphatic rings. The standard InChI is InChI=1S/C11H14N4OS/c1-15-6-8(5-13-15)2-3-10(16)9-7-17-11(4-12)14-9/h5-7H,2-4,12H2,1H3. The van der Waals surface area contributed by atoms with Crippen LogP contribution in [0.25, 0.3) is 0 Å². The van der Waals surface area contributed by atoms with Gasteiger partial charge in [0, 0.05) is 31.6 Å². The Hall–Kier alpha value is -1.53. The Balaban J connectivity index is 1.93. The maximum Gasteiger partial charge on any atom is 0.182 e. The third-order valence-corrected chi connectivity index (χ3v) is 3.28. The smallest absolute Gasteiger partial charge is 0.182 e. The Morgan fingerprint density at radius 3 is 3.00 bits per heavy atom. The van der Waals surface area contributed by atoms with Crippen LogP contribution in [0.3, 0.4) is 0 Å². The van der Waals surface area contributed by atoms with Crippen molar-refractivity contribution in [2.24, 2.45) is 12.8 Å². The SMILES string of the molecule is Cn1cc(CCC(=O)c2csc(CN)n2)cn1. The van der Waals surface area contributed by atoms with Crippen LogP contribution >= 0.6 is 11.3 Å². The lowest BCUT2D eigenvalue weighted by Gasteiger charge is -1.95. The van der Waals surface area contributed by atoms with Gasteiger partial charge in [0.25, 0.3) is 0 Å². The predicted molar refractivity (Wildman–Crippen MR) is 65.9 cm³/mol. The minimum atomic E-state index is 0.0600. The van der Waals surface area contributed by atoms with Gasteiger partial charge in [-0.1, -0.05) is 0 Å². The number of thiazole rings is 1. The number of nitrogens with two attached hydrogens (primary N) is 1. The summed E-state index contributed by atoms with van der Waals surface area (Å²) in [6.45, 7) is 0.389. The molecule has 0 aliphatic carbocycles. The molecule has 0 unspecified atom stereocenters. The highest BCUT2D eigenvalue weighted by Crippen LogP contribution is 2.12. The van der Waals surface area contributed by atoms with Crippen molar-refractivity contribution in [3.05, 3.63) is 34.0 Å². The van der Waals surface area contributed by atoms with Gasteiger partial charge in [0.05, 0.1) is 6.20 Å². The van der Waals surface area contributed by atoms with Gasteiger partial charge in [0.15, 0.2) is 5.78 Å². The molecule has 0 atom stereocenters. The van der Waals surface area contributed by atoms with Crippen LogP contribution in [0.1, 0.15) is 27.5 Å². The number of hydrogen-bond donors (Lipinski definition) is 1. The van der Waals surface area contributed by atoms with E-state index in [-0.39, 0.29) is 5.78 Å². The summed E-state index contributed by atoms with van der Waals surface area (Å²) in [4.78, 5) is 16.0. The minimum Gasteiger partial charge on any atom is -0.325 e. The van der Waals surface area contributed by atoms with Gasteiger partial charge < -0.3 is 5.73 Å². The van der Waals surface area contributed by atoms with Crippen LogP contribution in [0.4, 0.5) is 0 Å². The monoisotopic (exact) mass is 250 g/mol. The third-order valence-electron chi connectivity index (χ3n) is 2.41. The van der Waals surface area contributed by atoms with Gasteiger partial charge >= 0.3 is 0 Å². The molecule has 0 saturated heterocycles. The van der Waals surface area contributed by atoms with Crippen LogP contribution in [-0.4, -0.2) is 20.5 Å². The molecule has 90 valence electrons. The molecule has 0 spiro atoms. The van der Waals surface area contributed by atoms with Crippen LogP contribution in [-0.2, 0) is 20.0 Å². The number of carbonyl (C=O) groups is 1. The second kappa shape index (κ2) is 5.20. The molecule has 0 radical (unpaired) electrons. The molecule has 0 aliphatic heterocycles. The first-order valence-corrected chi connectivity index (χ1v) is 6.22. The normalized spacial score (nSPS) is 10.7. The fourth-order valence-electron chi connectivity index (χ4n) is 1.52. The Labute approximate surface area is 103 Å². The molecule has 0 fully saturated rings. The van der Waals surface area contributed by atoms with E-state index in [1.165, 1.54) is 11.3 Å².